The van der Waals surface area contributed by atoms with Crippen molar-refractivity contribution in [2.75, 3.05) is 13.7 Å². The molecule has 1 aliphatic rings. The van der Waals surface area contributed by atoms with Crippen molar-refractivity contribution in [1.82, 2.24) is 19.9 Å². The normalized spacial score (nSPS) is 21.8. The molecule has 2 atom stereocenters. The van der Waals surface area contributed by atoms with Crippen molar-refractivity contribution in [1.29, 1.82) is 0 Å². The number of imidazole rings is 1. The predicted molar refractivity (Wildman–Crippen MR) is 94.9 cm³/mol. The Hall–Kier alpha value is -2.11. The zero-order valence-electron chi connectivity index (χ0n) is 14.5. The number of para-hydroxylation sites is 1. The molecule has 1 aromatic carbocycles. The number of ether oxygens (including phenoxy) is 1. The van der Waals surface area contributed by atoms with E-state index in [2.05, 4.69) is 53.0 Å². The quantitative estimate of drug-likeness (QED) is 0.772. The fraction of sp³-hybridized carbons (Fsp3) is 0.421. The van der Waals surface area contributed by atoms with Gasteiger partial charge >= 0.3 is 0 Å². The SMILES string of the molecule is CO[C@@H]1C[C@@H](c2nc(C)c(C)[nH]2)N(Cc2cccc3cc[nH]c23)C1. The summed E-state index contributed by atoms with van der Waals surface area (Å²) in [5.74, 6) is 1.06. The zero-order valence-corrected chi connectivity index (χ0v) is 14.5. The third kappa shape index (κ3) is 2.64. The van der Waals surface area contributed by atoms with Crippen LogP contribution in [0, 0.1) is 13.8 Å². The minimum Gasteiger partial charge on any atom is -0.380 e. The summed E-state index contributed by atoms with van der Waals surface area (Å²) in [6.07, 6.45) is 3.24. The molecule has 24 heavy (non-hydrogen) atoms. The largest absolute Gasteiger partial charge is 0.380 e. The van der Waals surface area contributed by atoms with E-state index in [1.807, 2.05) is 6.20 Å². The number of aromatic nitrogens is 3. The lowest BCUT2D eigenvalue weighted by atomic mass is 10.1. The Morgan fingerprint density at radius 3 is 2.92 bits per heavy atom. The second-order valence-corrected chi connectivity index (χ2v) is 6.73. The number of fused-ring (bicyclic) bond motifs is 1. The van der Waals surface area contributed by atoms with Gasteiger partial charge in [-0.05, 0) is 37.3 Å². The van der Waals surface area contributed by atoms with E-state index < -0.39 is 0 Å². The first-order valence-electron chi connectivity index (χ1n) is 8.50. The smallest absolute Gasteiger partial charge is 0.124 e. The van der Waals surface area contributed by atoms with Crippen LogP contribution in [0.3, 0.4) is 0 Å². The lowest BCUT2D eigenvalue weighted by Crippen LogP contribution is -2.25. The van der Waals surface area contributed by atoms with Crippen LogP contribution in [0.5, 0.6) is 0 Å². The number of benzene rings is 1. The van der Waals surface area contributed by atoms with Crippen molar-refractivity contribution in [3.05, 3.63) is 53.2 Å². The van der Waals surface area contributed by atoms with E-state index in [1.54, 1.807) is 7.11 Å². The highest BCUT2D eigenvalue weighted by atomic mass is 16.5. The van der Waals surface area contributed by atoms with E-state index in [1.165, 1.54) is 16.5 Å². The molecule has 0 radical (unpaired) electrons. The maximum atomic E-state index is 5.65. The number of aromatic amines is 2. The summed E-state index contributed by atoms with van der Waals surface area (Å²) in [5, 5.41) is 1.26. The maximum absolute atomic E-state index is 5.65. The Morgan fingerprint density at radius 2 is 2.17 bits per heavy atom. The van der Waals surface area contributed by atoms with Gasteiger partial charge in [-0.2, -0.15) is 0 Å². The van der Waals surface area contributed by atoms with E-state index in [9.17, 15) is 0 Å². The van der Waals surface area contributed by atoms with Crippen LogP contribution in [0.15, 0.2) is 30.5 Å². The Morgan fingerprint density at radius 1 is 1.29 bits per heavy atom. The lowest BCUT2D eigenvalue weighted by molar-refractivity contribution is 0.107. The number of hydrogen-bond donors (Lipinski definition) is 2. The monoisotopic (exact) mass is 324 g/mol. The van der Waals surface area contributed by atoms with Gasteiger partial charge in [-0.1, -0.05) is 18.2 Å². The highest BCUT2D eigenvalue weighted by Crippen LogP contribution is 2.34. The number of nitrogens with zero attached hydrogens (tertiary/aromatic N) is 2. The van der Waals surface area contributed by atoms with Gasteiger partial charge in [-0.15, -0.1) is 0 Å². The first kappa shape index (κ1) is 15.4. The van der Waals surface area contributed by atoms with Gasteiger partial charge in [0, 0.05) is 37.6 Å². The van der Waals surface area contributed by atoms with Crippen LogP contribution in [0.4, 0.5) is 0 Å². The molecule has 0 saturated carbocycles. The number of aryl methyl sites for hydroxylation is 2. The molecular weight excluding hydrogens is 300 g/mol. The van der Waals surface area contributed by atoms with E-state index >= 15 is 0 Å². The molecule has 1 aliphatic heterocycles. The average molecular weight is 324 g/mol. The molecular formula is C19H24N4O. The summed E-state index contributed by atoms with van der Waals surface area (Å²) in [6.45, 7) is 5.96. The van der Waals surface area contributed by atoms with Gasteiger partial charge in [-0.25, -0.2) is 4.98 Å². The Balaban J connectivity index is 1.65. The topological polar surface area (TPSA) is 56.9 Å². The molecule has 0 bridgehead atoms. The molecule has 0 amide bonds. The van der Waals surface area contributed by atoms with Crippen molar-refractivity contribution in [3.8, 4) is 0 Å². The second kappa shape index (κ2) is 6.07. The molecule has 0 unspecified atom stereocenters. The molecule has 1 fully saturated rings. The number of nitrogens with one attached hydrogen (secondary N) is 2. The van der Waals surface area contributed by atoms with Gasteiger partial charge < -0.3 is 14.7 Å². The summed E-state index contributed by atoms with van der Waals surface area (Å²) >= 11 is 0. The number of hydrogen-bond acceptors (Lipinski definition) is 3. The Bertz CT molecular complexity index is 831. The molecule has 4 rings (SSSR count). The van der Waals surface area contributed by atoms with Crippen LogP contribution in [0.25, 0.3) is 10.9 Å². The summed E-state index contributed by atoms with van der Waals surface area (Å²) in [4.78, 5) is 14.1. The second-order valence-electron chi connectivity index (χ2n) is 6.73. The molecule has 5 nitrogen and oxygen atoms in total. The van der Waals surface area contributed by atoms with Crippen LogP contribution in [0.1, 0.15) is 35.2 Å². The van der Waals surface area contributed by atoms with Gasteiger partial charge in [0.15, 0.2) is 0 Å². The first-order chi connectivity index (χ1) is 11.7. The van der Waals surface area contributed by atoms with Crippen LogP contribution in [-0.2, 0) is 11.3 Å². The van der Waals surface area contributed by atoms with Crippen molar-refractivity contribution in [2.45, 2.75) is 39.0 Å². The minimum atomic E-state index is 0.253. The zero-order chi connectivity index (χ0) is 16.7. The van der Waals surface area contributed by atoms with Gasteiger partial charge in [0.1, 0.15) is 5.82 Å². The van der Waals surface area contributed by atoms with E-state index in [4.69, 9.17) is 9.72 Å². The maximum Gasteiger partial charge on any atom is 0.124 e. The molecule has 126 valence electrons. The van der Waals surface area contributed by atoms with E-state index in [-0.39, 0.29) is 12.1 Å². The van der Waals surface area contributed by atoms with Crippen LogP contribution in [0.2, 0.25) is 0 Å². The first-order valence-corrected chi connectivity index (χ1v) is 8.50. The van der Waals surface area contributed by atoms with Gasteiger partial charge in [0.05, 0.1) is 17.8 Å². The van der Waals surface area contributed by atoms with Crippen LogP contribution < -0.4 is 0 Å². The number of H-pyrrole nitrogens is 2. The van der Waals surface area contributed by atoms with Crippen molar-refractivity contribution < 1.29 is 4.74 Å². The van der Waals surface area contributed by atoms with E-state index in [0.29, 0.717) is 0 Å². The van der Waals surface area contributed by atoms with Crippen LogP contribution in [-0.4, -0.2) is 39.6 Å². The lowest BCUT2D eigenvalue weighted by Gasteiger charge is -2.23. The minimum absolute atomic E-state index is 0.253. The molecule has 2 aromatic heterocycles. The highest BCUT2D eigenvalue weighted by Gasteiger charge is 2.35. The Labute approximate surface area is 142 Å². The number of likely N-dealkylation sites (tertiary alicyclic amines) is 1. The highest BCUT2D eigenvalue weighted by molar-refractivity contribution is 5.82. The number of rotatable bonds is 4. The fourth-order valence-corrected chi connectivity index (χ4v) is 3.72. The summed E-state index contributed by atoms with van der Waals surface area (Å²) in [6, 6.07) is 8.87. The molecule has 1 saturated heterocycles. The third-order valence-electron chi connectivity index (χ3n) is 5.21. The predicted octanol–water partition coefficient (Wildman–Crippen LogP) is 3.47. The van der Waals surface area contributed by atoms with E-state index in [0.717, 1.165) is 36.7 Å². The van der Waals surface area contributed by atoms with Gasteiger partial charge in [0.25, 0.3) is 0 Å². The van der Waals surface area contributed by atoms with Gasteiger partial charge in [-0.3, -0.25) is 4.90 Å². The number of methoxy groups -OCH3 is 1. The molecule has 3 aromatic rings. The fourth-order valence-electron chi connectivity index (χ4n) is 3.72. The molecule has 0 spiro atoms. The summed E-state index contributed by atoms with van der Waals surface area (Å²) in [7, 11) is 1.80. The summed E-state index contributed by atoms with van der Waals surface area (Å²) in [5.41, 5.74) is 4.78. The third-order valence-corrected chi connectivity index (χ3v) is 5.21. The summed E-state index contributed by atoms with van der Waals surface area (Å²) < 4.78 is 5.65. The average Bonchev–Trinajstić information content (AvgIpc) is 3.27. The Kier molecular flexibility index (Phi) is 3.90. The van der Waals surface area contributed by atoms with Gasteiger partial charge in [0.2, 0.25) is 0 Å². The molecule has 5 heteroatoms. The van der Waals surface area contributed by atoms with Crippen LogP contribution >= 0.6 is 0 Å². The molecule has 2 N–H and O–H groups in total. The molecule has 3 heterocycles. The standard InChI is InChI=1S/C19H24N4O/c1-12-13(2)22-19(21-12)17-9-16(24-3)11-23(17)10-15-6-4-5-14-7-8-20-18(14)15/h4-8,16-17,20H,9-11H2,1-3H3,(H,21,22)/t16-,17+/m1/s1. The van der Waals surface area contributed by atoms with Crippen molar-refractivity contribution in [3.63, 3.8) is 0 Å². The van der Waals surface area contributed by atoms with Crippen molar-refractivity contribution >= 4 is 10.9 Å². The van der Waals surface area contributed by atoms with Crippen molar-refractivity contribution in [2.24, 2.45) is 0 Å². The molecule has 0 aliphatic carbocycles.